The monoisotopic (exact) mass is 388 g/mol. The molecule has 3 aromatic rings. The van der Waals surface area contributed by atoms with E-state index in [-0.39, 0.29) is 17.4 Å². The molecule has 1 N–H and O–H groups in total. The second-order valence-electron chi connectivity index (χ2n) is 5.13. The number of carbonyl (C=O) groups excluding carboxylic acids is 1. The summed E-state index contributed by atoms with van der Waals surface area (Å²) >= 11 is 3.39. The van der Waals surface area contributed by atoms with Crippen LogP contribution >= 0.6 is 15.9 Å². The van der Waals surface area contributed by atoms with Crippen molar-refractivity contribution in [3.63, 3.8) is 0 Å². The van der Waals surface area contributed by atoms with Crippen LogP contribution in [-0.4, -0.2) is 27.4 Å². The Morgan fingerprint density at radius 3 is 2.83 bits per heavy atom. The highest BCUT2D eigenvalue weighted by Crippen LogP contribution is 2.14. The van der Waals surface area contributed by atoms with Crippen LogP contribution in [0, 0.1) is 5.82 Å². The van der Waals surface area contributed by atoms with E-state index in [1.54, 1.807) is 24.4 Å². The normalized spacial score (nSPS) is 10.6. The molecule has 0 fully saturated rings. The molecule has 1 heterocycles. The van der Waals surface area contributed by atoms with Crippen molar-refractivity contribution in [2.24, 2.45) is 0 Å². The van der Waals surface area contributed by atoms with Gasteiger partial charge in [0.25, 0.3) is 5.91 Å². The van der Waals surface area contributed by atoms with Crippen molar-refractivity contribution in [2.75, 3.05) is 6.54 Å². The predicted molar refractivity (Wildman–Crippen MR) is 91.5 cm³/mol. The first-order chi connectivity index (χ1) is 11.6. The van der Waals surface area contributed by atoms with Gasteiger partial charge < -0.3 is 5.32 Å². The Morgan fingerprint density at radius 1 is 1.21 bits per heavy atom. The summed E-state index contributed by atoms with van der Waals surface area (Å²) in [5, 5.41) is 10.6. The van der Waals surface area contributed by atoms with Crippen molar-refractivity contribution in [1.29, 1.82) is 0 Å². The van der Waals surface area contributed by atoms with E-state index in [0.29, 0.717) is 18.5 Å². The number of hydrogen-bond acceptors (Lipinski definition) is 3. The van der Waals surface area contributed by atoms with E-state index in [1.807, 2.05) is 24.3 Å². The van der Waals surface area contributed by atoms with Crippen molar-refractivity contribution in [3.8, 4) is 5.69 Å². The minimum atomic E-state index is -0.340. The zero-order valence-corrected chi connectivity index (χ0v) is 14.2. The molecule has 2 aromatic carbocycles. The summed E-state index contributed by atoms with van der Waals surface area (Å²) in [7, 11) is 0. The van der Waals surface area contributed by atoms with Gasteiger partial charge in [-0.1, -0.05) is 45.4 Å². The number of nitrogens with zero attached hydrogens (tertiary/aromatic N) is 3. The minimum absolute atomic E-state index is 0.212. The Bertz CT molecular complexity index is 865. The first-order valence-electron chi connectivity index (χ1n) is 7.33. The van der Waals surface area contributed by atoms with E-state index in [2.05, 4.69) is 31.6 Å². The average molecular weight is 389 g/mol. The summed E-state index contributed by atoms with van der Waals surface area (Å²) in [6.45, 7) is 0.323. The predicted octanol–water partition coefficient (Wildman–Crippen LogP) is 3.14. The molecular weight excluding hydrogens is 375 g/mol. The maximum Gasteiger partial charge on any atom is 0.273 e. The smallest absolute Gasteiger partial charge is 0.273 e. The molecular formula is C17H14BrFN4O. The van der Waals surface area contributed by atoms with Gasteiger partial charge in [-0.15, -0.1) is 5.10 Å². The molecule has 0 saturated heterocycles. The molecule has 24 heavy (non-hydrogen) atoms. The van der Waals surface area contributed by atoms with Crippen molar-refractivity contribution >= 4 is 21.8 Å². The third kappa shape index (κ3) is 3.86. The average Bonchev–Trinajstić information content (AvgIpc) is 3.07. The van der Waals surface area contributed by atoms with Crippen LogP contribution in [0.25, 0.3) is 5.69 Å². The fourth-order valence-corrected chi connectivity index (χ4v) is 2.60. The molecule has 0 aliphatic carbocycles. The van der Waals surface area contributed by atoms with Gasteiger partial charge in [0.05, 0.1) is 11.9 Å². The zero-order valence-electron chi connectivity index (χ0n) is 12.6. The minimum Gasteiger partial charge on any atom is -0.350 e. The van der Waals surface area contributed by atoms with Crippen molar-refractivity contribution < 1.29 is 9.18 Å². The summed E-state index contributed by atoms with van der Waals surface area (Å²) in [5.41, 5.74) is 1.57. The van der Waals surface area contributed by atoms with Gasteiger partial charge in [0.2, 0.25) is 0 Å². The van der Waals surface area contributed by atoms with Gasteiger partial charge in [-0.3, -0.25) is 4.79 Å². The molecule has 122 valence electrons. The van der Waals surface area contributed by atoms with Crippen LogP contribution in [0.3, 0.4) is 0 Å². The molecule has 0 aliphatic rings. The van der Waals surface area contributed by atoms with Crippen LogP contribution in [-0.2, 0) is 6.42 Å². The zero-order chi connectivity index (χ0) is 16.9. The summed E-state index contributed by atoms with van der Waals surface area (Å²) in [6.07, 6.45) is 1.97. The maximum atomic E-state index is 13.5. The molecule has 0 spiro atoms. The fourth-order valence-electron chi connectivity index (χ4n) is 2.22. The Morgan fingerprint density at radius 2 is 2.04 bits per heavy atom. The van der Waals surface area contributed by atoms with Gasteiger partial charge >= 0.3 is 0 Å². The summed E-state index contributed by atoms with van der Waals surface area (Å²) < 4.78 is 16.0. The van der Waals surface area contributed by atoms with E-state index in [9.17, 15) is 9.18 Å². The van der Waals surface area contributed by atoms with Crippen LogP contribution in [0.1, 0.15) is 16.1 Å². The number of halogens is 2. The van der Waals surface area contributed by atoms with Gasteiger partial charge in [0, 0.05) is 11.0 Å². The van der Waals surface area contributed by atoms with Crippen LogP contribution < -0.4 is 5.32 Å². The Balaban J connectivity index is 1.61. The highest BCUT2D eigenvalue weighted by atomic mass is 79.9. The molecule has 0 aliphatic heterocycles. The summed E-state index contributed by atoms with van der Waals surface area (Å²) in [5.74, 6) is -0.611. The lowest BCUT2D eigenvalue weighted by Crippen LogP contribution is -2.26. The Hall–Kier alpha value is -2.54. The molecule has 1 amide bonds. The second kappa shape index (κ2) is 7.35. The maximum absolute atomic E-state index is 13.5. The third-order valence-electron chi connectivity index (χ3n) is 3.44. The molecule has 3 rings (SSSR count). The van der Waals surface area contributed by atoms with Gasteiger partial charge in [0.15, 0.2) is 5.69 Å². The number of nitrogens with one attached hydrogen (secondary N) is 1. The fraction of sp³-hybridized carbons (Fsp3) is 0.118. The highest BCUT2D eigenvalue weighted by Gasteiger charge is 2.11. The van der Waals surface area contributed by atoms with Gasteiger partial charge in [-0.05, 0) is 36.2 Å². The standard InChI is InChI=1S/C17H14BrFN4O/c18-13-5-3-6-14(10-13)23-11-16(21-22-23)17(24)20-9-8-12-4-1-2-7-15(12)19/h1-7,10-11H,8-9H2,(H,20,24). The Kier molecular flexibility index (Phi) is 5.00. The number of aromatic nitrogens is 3. The highest BCUT2D eigenvalue weighted by molar-refractivity contribution is 9.10. The van der Waals surface area contributed by atoms with Crippen molar-refractivity contribution in [3.05, 3.63) is 76.3 Å². The number of rotatable bonds is 5. The lowest BCUT2D eigenvalue weighted by Gasteiger charge is -2.04. The largest absolute Gasteiger partial charge is 0.350 e. The molecule has 5 nitrogen and oxygen atoms in total. The van der Waals surface area contributed by atoms with E-state index < -0.39 is 0 Å². The Labute approximate surface area is 146 Å². The summed E-state index contributed by atoms with van der Waals surface area (Å²) in [6, 6.07) is 14.0. The molecule has 7 heteroatoms. The topological polar surface area (TPSA) is 59.8 Å². The van der Waals surface area contributed by atoms with E-state index >= 15 is 0 Å². The first-order valence-corrected chi connectivity index (χ1v) is 8.12. The molecule has 0 unspecified atom stereocenters. The van der Waals surface area contributed by atoms with E-state index in [4.69, 9.17) is 0 Å². The van der Waals surface area contributed by atoms with Gasteiger partial charge in [-0.2, -0.15) is 0 Å². The number of hydrogen-bond donors (Lipinski definition) is 1. The first kappa shape index (κ1) is 16.3. The van der Waals surface area contributed by atoms with E-state index in [0.717, 1.165) is 10.2 Å². The SMILES string of the molecule is O=C(NCCc1ccccc1F)c1cn(-c2cccc(Br)c2)nn1. The van der Waals surface area contributed by atoms with Crippen LogP contribution in [0.4, 0.5) is 4.39 Å². The van der Waals surface area contributed by atoms with Crippen LogP contribution in [0.5, 0.6) is 0 Å². The molecule has 0 atom stereocenters. The summed E-state index contributed by atoms with van der Waals surface area (Å²) in [4.78, 5) is 12.1. The van der Waals surface area contributed by atoms with Crippen molar-refractivity contribution in [1.82, 2.24) is 20.3 Å². The van der Waals surface area contributed by atoms with E-state index in [1.165, 1.54) is 10.7 Å². The number of amides is 1. The van der Waals surface area contributed by atoms with Crippen LogP contribution in [0.15, 0.2) is 59.2 Å². The second-order valence-corrected chi connectivity index (χ2v) is 6.04. The third-order valence-corrected chi connectivity index (χ3v) is 3.93. The lowest BCUT2D eigenvalue weighted by atomic mass is 10.1. The quantitative estimate of drug-likeness (QED) is 0.730. The molecule has 0 radical (unpaired) electrons. The van der Waals surface area contributed by atoms with Crippen molar-refractivity contribution in [2.45, 2.75) is 6.42 Å². The molecule has 0 saturated carbocycles. The number of benzene rings is 2. The van der Waals surface area contributed by atoms with Gasteiger partial charge in [-0.25, -0.2) is 9.07 Å². The molecule has 0 bridgehead atoms. The van der Waals surface area contributed by atoms with Crippen LogP contribution in [0.2, 0.25) is 0 Å². The number of carbonyl (C=O) groups is 1. The molecule has 1 aromatic heterocycles. The lowest BCUT2D eigenvalue weighted by molar-refractivity contribution is 0.0949. The van der Waals surface area contributed by atoms with Gasteiger partial charge in [0.1, 0.15) is 5.82 Å².